The Morgan fingerprint density at radius 1 is 0.826 bits per heavy atom. The van der Waals surface area contributed by atoms with Gasteiger partial charge in [0.1, 0.15) is 0 Å². The fourth-order valence-corrected chi connectivity index (χ4v) is 3.58. The molecule has 0 saturated heterocycles. The first-order valence-electron chi connectivity index (χ1n) is 8.45. The van der Waals surface area contributed by atoms with Crippen molar-refractivity contribution >= 4 is 11.1 Å². The predicted octanol–water partition coefficient (Wildman–Crippen LogP) is 5.18. The molecule has 1 heteroatoms. The van der Waals surface area contributed by atoms with E-state index in [0.717, 1.165) is 6.42 Å². The van der Waals surface area contributed by atoms with Gasteiger partial charge in [-0.15, -0.1) is 0 Å². The van der Waals surface area contributed by atoms with Crippen LogP contribution in [-0.2, 0) is 6.42 Å². The number of fused-ring (bicyclic) bond motifs is 1. The van der Waals surface area contributed by atoms with Crippen molar-refractivity contribution in [3.05, 3.63) is 71.3 Å². The van der Waals surface area contributed by atoms with E-state index in [1.54, 1.807) is 0 Å². The van der Waals surface area contributed by atoms with Gasteiger partial charge in [-0.05, 0) is 55.2 Å². The summed E-state index contributed by atoms with van der Waals surface area (Å²) in [4.78, 5) is 0. The topological polar surface area (TPSA) is 12.0 Å². The Kier molecular flexibility index (Phi) is 3.93. The quantitative estimate of drug-likeness (QED) is 0.821. The summed E-state index contributed by atoms with van der Waals surface area (Å²) in [6.45, 7) is 9.32. The normalized spacial score (nSPS) is 15.0. The van der Waals surface area contributed by atoms with Crippen LogP contribution in [0.4, 0.5) is 0 Å². The van der Waals surface area contributed by atoms with Gasteiger partial charge in [0, 0.05) is 11.0 Å². The molecule has 3 rings (SSSR count). The first-order chi connectivity index (χ1) is 10.9. The summed E-state index contributed by atoms with van der Waals surface area (Å²) in [6.07, 6.45) is 1.03. The number of benzene rings is 2. The Morgan fingerprint density at radius 3 is 2.09 bits per heavy atom. The molecule has 1 aliphatic carbocycles. The van der Waals surface area contributed by atoms with Crippen molar-refractivity contribution in [2.24, 2.45) is 5.41 Å². The van der Waals surface area contributed by atoms with Crippen molar-refractivity contribution in [3.8, 4) is 0 Å². The summed E-state index contributed by atoms with van der Waals surface area (Å²) >= 11 is 0. The number of nitrogens with one attached hydrogen (secondary N) is 1. The molecule has 0 saturated carbocycles. The molecule has 0 atom stereocenters. The van der Waals surface area contributed by atoms with Crippen LogP contribution in [0, 0.1) is 5.41 Å². The van der Waals surface area contributed by atoms with Crippen LogP contribution in [0.2, 0.25) is 0 Å². The van der Waals surface area contributed by atoms with Crippen molar-refractivity contribution < 1.29 is 0 Å². The summed E-state index contributed by atoms with van der Waals surface area (Å²) in [5, 5.41) is 3.53. The Bertz CT molecular complexity index is 736. The lowest BCUT2D eigenvalue weighted by Crippen LogP contribution is -2.50. The van der Waals surface area contributed by atoms with Gasteiger partial charge < -0.3 is 5.32 Å². The average Bonchev–Trinajstić information content (AvgIpc) is 2.95. The van der Waals surface area contributed by atoms with E-state index in [9.17, 15) is 0 Å². The van der Waals surface area contributed by atoms with E-state index in [4.69, 9.17) is 0 Å². The van der Waals surface area contributed by atoms with Gasteiger partial charge in [-0.25, -0.2) is 0 Å². The lowest BCUT2D eigenvalue weighted by atomic mass is 9.66. The van der Waals surface area contributed by atoms with Crippen molar-refractivity contribution in [1.82, 2.24) is 5.32 Å². The second-order valence-electron chi connectivity index (χ2n) is 7.55. The second kappa shape index (κ2) is 5.65. The van der Waals surface area contributed by atoms with E-state index in [0.29, 0.717) is 0 Å². The zero-order chi connectivity index (χ0) is 16.7. The van der Waals surface area contributed by atoms with Crippen molar-refractivity contribution in [2.45, 2.75) is 39.7 Å². The van der Waals surface area contributed by atoms with Crippen LogP contribution in [0.25, 0.3) is 11.1 Å². The molecule has 0 bridgehead atoms. The van der Waals surface area contributed by atoms with E-state index >= 15 is 0 Å². The van der Waals surface area contributed by atoms with Gasteiger partial charge in [0.25, 0.3) is 0 Å². The Morgan fingerprint density at radius 2 is 1.43 bits per heavy atom. The van der Waals surface area contributed by atoms with Gasteiger partial charge >= 0.3 is 0 Å². The third-order valence-corrected chi connectivity index (χ3v) is 5.89. The molecular formula is C22H27N. The molecule has 0 unspecified atom stereocenters. The molecule has 1 N–H and O–H groups in total. The monoisotopic (exact) mass is 305 g/mol. The first-order valence-corrected chi connectivity index (χ1v) is 8.45. The third-order valence-electron chi connectivity index (χ3n) is 5.89. The largest absolute Gasteiger partial charge is 0.314 e. The van der Waals surface area contributed by atoms with E-state index in [1.165, 1.54) is 27.8 Å². The molecule has 0 radical (unpaired) electrons. The number of allylic oxidation sites excluding steroid dienone is 1. The van der Waals surface area contributed by atoms with E-state index < -0.39 is 0 Å². The van der Waals surface area contributed by atoms with Crippen molar-refractivity contribution in [3.63, 3.8) is 0 Å². The van der Waals surface area contributed by atoms with Crippen LogP contribution < -0.4 is 5.32 Å². The molecular weight excluding hydrogens is 278 g/mol. The SMILES string of the molecule is CNC(C)(C)C(C)(C)C1=C(c2ccccc2)Cc2ccccc21. The maximum absolute atomic E-state index is 3.53. The molecule has 0 aromatic heterocycles. The highest BCUT2D eigenvalue weighted by Crippen LogP contribution is 2.51. The fraction of sp³-hybridized carbons (Fsp3) is 0.364. The Hall–Kier alpha value is -1.86. The maximum Gasteiger partial charge on any atom is 0.0213 e. The molecule has 0 heterocycles. The Labute approximate surface area is 140 Å². The standard InChI is InChI=1S/C22H27N/c1-21(2,22(3,4)23-5)20-18-14-10-9-13-17(18)15-19(20)16-11-7-6-8-12-16/h6-14,23H,15H2,1-5H3. The summed E-state index contributed by atoms with van der Waals surface area (Å²) < 4.78 is 0. The Balaban J connectivity index is 2.25. The highest BCUT2D eigenvalue weighted by Gasteiger charge is 2.43. The highest BCUT2D eigenvalue weighted by atomic mass is 14.9. The summed E-state index contributed by atoms with van der Waals surface area (Å²) in [5.74, 6) is 0. The van der Waals surface area contributed by atoms with Gasteiger partial charge in [-0.3, -0.25) is 0 Å². The predicted molar refractivity (Wildman–Crippen MR) is 100 cm³/mol. The van der Waals surface area contributed by atoms with E-state index in [1.807, 2.05) is 0 Å². The van der Waals surface area contributed by atoms with Crippen LogP contribution in [0.3, 0.4) is 0 Å². The second-order valence-corrected chi connectivity index (χ2v) is 7.55. The maximum atomic E-state index is 3.53. The first kappa shape index (κ1) is 16.0. The van der Waals surface area contributed by atoms with Crippen molar-refractivity contribution in [1.29, 1.82) is 0 Å². The van der Waals surface area contributed by atoms with Crippen LogP contribution in [0.1, 0.15) is 44.4 Å². The highest BCUT2D eigenvalue weighted by molar-refractivity contribution is 5.99. The molecule has 2 aromatic rings. The lowest BCUT2D eigenvalue weighted by molar-refractivity contribution is 0.236. The van der Waals surface area contributed by atoms with Crippen molar-refractivity contribution in [2.75, 3.05) is 7.05 Å². The zero-order valence-electron chi connectivity index (χ0n) is 14.9. The van der Waals surface area contributed by atoms with Crippen LogP contribution >= 0.6 is 0 Å². The number of hydrogen-bond acceptors (Lipinski definition) is 1. The summed E-state index contributed by atoms with van der Waals surface area (Å²) in [6, 6.07) is 19.7. The van der Waals surface area contributed by atoms with E-state index in [2.05, 4.69) is 94.7 Å². The van der Waals surface area contributed by atoms with Gasteiger partial charge in [0.15, 0.2) is 0 Å². The number of rotatable bonds is 4. The van der Waals surface area contributed by atoms with Gasteiger partial charge in [0.2, 0.25) is 0 Å². The van der Waals surface area contributed by atoms with Crippen LogP contribution in [-0.4, -0.2) is 12.6 Å². The van der Waals surface area contributed by atoms with Gasteiger partial charge in [0.05, 0.1) is 0 Å². The molecule has 120 valence electrons. The molecule has 0 aliphatic heterocycles. The minimum Gasteiger partial charge on any atom is -0.314 e. The molecule has 0 fully saturated rings. The summed E-state index contributed by atoms with van der Waals surface area (Å²) in [7, 11) is 2.06. The lowest BCUT2D eigenvalue weighted by Gasteiger charge is -2.44. The third kappa shape index (κ3) is 2.53. The smallest absolute Gasteiger partial charge is 0.0213 e. The minimum absolute atomic E-state index is 0.000183. The molecule has 23 heavy (non-hydrogen) atoms. The molecule has 1 nitrogen and oxygen atoms in total. The van der Waals surface area contributed by atoms with Gasteiger partial charge in [-0.1, -0.05) is 68.4 Å². The minimum atomic E-state index is -0.000183. The molecule has 1 aliphatic rings. The van der Waals surface area contributed by atoms with Crippen LogP contribution in [0.15, 0.2) is 54.6 Å². The fourth-order valence-electron chi connectivity index (χ4n) is 3.58. The molecule has 0 spiro atoms. The average molecular weight is 305 g/mol. The summed E-state index contributed by atoms with van der Waals surface area (Å²) in [5.41, 5.74) is 7.18. The van der Waals surface area contributed by atoms with Crippen LogP contribution in [0.5, 0.6) is 0 Å². The van der Waals surface area contributed by atoms with Gasteiger partial charge in [-0.2, -0.15) is 0 Å². The number of hydrogen-bond donors (Lipinski definition) is 1. The van der Waals surface area contributed by atoms with E-state index in [-0.39, 0.29) is 11.0 Å². The molecule has 0 amide bonds. The molecule has 2 aromatic carbocycles. The zero-order valence-corrected chi connectivity index (χ0v) is 14.9.